The quantitative estimate of drug-likeness (QED) is 0.694. The van der Waals surface area contributed by atoms with Crippen molar-refractivity contribution in [1.29, 1.82) is 0 Å². The van der Waals surface area contributed by atoms with Crippen LogP contribution in [0.1, 0.15) is 23.5 Å². The smallest absolute Gasteiger partial charge is 0.0379 e. The van der Waals surface area contributed by atoms with Crippen molar-refractivity contribution in [3.8, 4) is 0 Å². The fourth-order valence-electron chi connectivity index (χ4n) is 2.92. The molecule has 0 amide bonds. The van der Waals surface area contributed by atoms with Crippen molar-refractivity contribution < 1.29 is 0 Å². The Bertz CT molecular complexity index is 386. The van der Waals surface area contributed by atoms with Gasteiger partial charge in [0, 0.05) is 24.2 Å². The Labute approximate surface area is 91.3 Å². The second kappa shape index (κ2) is 3.24. The molecule has 0 radical (unpaired) electrons. The highest BCUT2D eigenvalue weighted by Crippen LogP contribution is 2.40. The number of nitrogens with one attached hydrogen (secondary N) is 1. The molecule has 3 rings (SSSR count). The van der Waals surface area contributed by atoms with Gasteiger partial charge in [-0.3, -0.25) is 0 Å². The SMILES string of the molecule is Cc1ccc2c(c1)[C@@H]1CN(C)CC[C@@H]1N2. The van der Waals surface area contributed by atoms with E-state index in [0.29, 0.717) is 12.0 Å². The summed E-state index contributed by atoms with van der Waals surface area (Å²) in [5.74, 6) is 0.707. The van der Waals surface area contributed by atoms with Crippen molar-refractivity contribution in [3.63, 3.8) is 0 Å². The summed E-state index contributed by atoms with van der Waals surface area (Å²) in [6.07, 6.45) is 1.27. The van der Waals surface area contributed by atoms with Gasteiger partial charge in [0.05, 0.1) is 0 Å². The summed E-state index contributed by atoms with van der Waals surface area (Å²) < 4.78 is 0. The Balaban J connectivity index is 1.98. The van der Waals surface area contributed by atoms with E-state index in [1.54, 1.807) is 0 Å². The number of anilines is 1. The van der Waals surface area contributed by atoms with Gasteiger partial charge in [0.25, 0.3) is 0 Å². The van der Waals surface area contributed by atoms with Crippen LogP contribution in [0.3, 0.4) is 0 Å². The van der Waals surface area contributed by atoms with E-state index in [-0.39, 0.29) is 0 Å². The zero-order chi connectivity index (χ0) is 10.4. The third kappa shape index (κ3) is 1.44. The maximum atomic E-state index is 3.66. The maximum absolute atomic E-state index is 3.66. The molecule has 2 heterocycles. The molecule has 80 valence electrons. The summed E-state index contributed by atoms with van der Waals surface area (Å²) in [5.41, 5.74) is 4.28. The van der Waals surface area contributed by atoms with E-state index in [1.807, 2.05) is 0 Å². The summed E-state index contributed by atoms with van der Waals surface area (Å²) in [4.78, 5) is 2.44. The summed E-state index contributed by atoms with van der Waals surface area (Å²) in [6.45, 7) is 4.61. The molecular formula is C13H18N2. The molecule has 15 heavy (non-hydrogen) atoms. The number of hydrogen-bond donors (Lipinski definition) is 1. The van der Waals surface area contributed by atoms with E-state index in [2.05, 4.69) is 42.4 Å². The molecule has 2 nitrogen and oxygen atoms in total. The number of nitrogens with zero attached hydrogens (tertiary/aromatic N) is 1. The zero-order valence-corrected chi connectivity index (χ0v) is 9.46. The number of piperidine rings is 1. The predicted octanol–water partition coefficient (Wildman–Crippen LogP) is 2.21. The minimum absolute atomic E-state index is 0.679. The molecule has 2 atom stereocenters. The number of aryl methyl sites for hydroxylation is 1. The summed E-state index contributed by atoms with van der Waals surface area (Å²) in [7, 11) is 2.23. The van der Waals surface area contributed by atoms with E-state index in [4.69, 9.17) is 0 Å². The molecule has 1 fully saturated rings. The largest absolute Gasteiger partial charge is 0.381 e. The lowest BCUT2D eigenvalue weighted by Crippen LogP contribution is -2.39. The Morgan fingerprint density at radius 2 is 2.27 bits per heavy atom. The number of benzene rings is 1. The summed E-state index contributed by atoms with van der Waals surface area (Å²) in [5, 5.41) is 3.66. The van der Waals surface area contributed by atoms with Crippen LogP contribution in [0.15, 0.2) is 18.2 Å². The zero-order valence-electron chi connectivity index (χ0n) is 9.46. The molecule has 0 saturated carbocycles. The lowest BCUT2D eigenvalue weighted by atomic mass is 9.89. The standard InChI is InChI=1S/C13H18N2/c1-9-3-4-12-10(7-9)11-8-15(2)6-5-13(11)14-12/h3-4,7,11,13-14H,5-6,8H2,1-2H3/t11-,13-/m0/s1. The number of likely N-dealkylation sites (N-methyl/N-ethyl adjacent to an activating group) is 1. The number of rotatable bonds is 0. The number of fused-ring (bicyclic) bond motifs is 3. The van der Waals surface area contributed by atoms with Gasteiger partial charge in [0.2, 0.25) is 0 Å². The highest BCUT2D eigenvalue weighted by Gasteiger charge is 2.35. The highest BCUT2D eigenvalue weighted by atomic mass is 15.1. The molecule has 0 aliphatic carbocycles. The molecule has 1 N–H and O–H groups in total. The van der Waals surface area contributed by atoms with E-state index in [1.165, 1.54) is 36.3 Å². The fourth-order valence-corrected chi connectivity index (χ4v) is 2.92. The Morgan fingerprint density at radius 3 is 3.13 bits per heavy atom. The summed E-state index contributed by atoms with van der Waals surface area (Å²) in [6, 6.07) is 7.47. The van der Waals surface area contributed by atoms with Crippen LogP contribution in [-0.4, -0.2) is 31.1 Å². The highest BCUT2D eigenvalue weighted by molar-refractivity contribution is 5.60. The van der Waals surface area contributed by atoms with Crippen molar-refractivity contribution in [2.75, 3.05) is 25.5 Å². The first-order valence-corrected chi connectivity index (χ1v) is 5.79. The van der Waals surface area contributed by atoms with Crippen LogP contribution in [0, 0.1) is 6.92 Å². The average Bonchev–Trinajstić information content (AvgIpc) is 2.56. The van der Waals surface area contributed by atoms with Crippen LogP contribution in [0.4, 0.5) is 5.69 Å². The van der Waals surface area contributed by atoms with Gasteiger partial charge in [-0.05, 0) is 38.6 Å². The first-order chi connectivity index (χ1) is 7.24. The van der Waals surface area contributed by atoms with Crippen LogP contribution < -0.4 is 5.32 Å². The summed E-state index contributed by atoms with van der Waals surface area (Å²) >= 11 is 0. The Hall–Kier alpha value is -1.02. The lowest BCUT2D eigenvalue weighted by molar-refractivity contribution is 0.243. The van der Waals surface area contributed by atoms with Crippen LogP contribution in [0.2, 0.25) is 0 Å². The predicted molar refractivity (Wildman–Crippen MR) is 63.4 cm³/mol. The molecule has 1 aromatic carbocycles. The van der Waals surface area contributed by atoms with Crippen molar-refractivity contribution in [2.45, 2.75) is 25.3 Å². The van der Waals surface area contributed by atoms with Crippen molar-refractivity contribution in [1.82, 2.24) is 4.90 Å². The van der Waals surface area contributed by atoms with Gasteiger partial charge in [-0.1, -0.05) is 17.7 Å². The van der Waals surface area contributed by atoms with E-state index < -0.39 is 0 Å². The lowest BCUT2D eigenvalue weighted by Gasteiger charge is -2.32. The van der Waals surface area contributed by atoms with Gasteiger partial charge >= 0.3 is 0 Å². The van der Waals surface area contributed by atoms with E-state index >= 15 is 0 Å². The van der Waals surface area contributed by atoms with Crippen LogP contribution >= 0.6 is 0 Å². The molecule has 0 aromatic heterocycles. The van der Waals surface area contributed by atoms with Gasteiger partial charge in [0.15, 0.2) is 0 Å². The monoisotopic (exact) mass is 202 g/mol. The Kier molecular flexibility index (Phi) is 1.99. The van der Waals surface area contributed by atoms with Crippen LogP contribution in [-0.2, 0) is 0 Å². The van der Waals surface area contributed by atoms with E-state index in [9.17, 15) is 0 Å². The van der Waals surface area contributed by atoms with Crippen molar-refractivity contribution >= 4 is 5.69 Å². The van der Waals surface area contributed by atoms with Crippen LogP contribution in [0.25, 0.3) is 0 Å². The third-order valence-corrected chi connectivity index (χ3v) is 3.76. The second-order valence-corrected chi connectivity index (χ2v) is 5.00. The van der Waals surface area contributed by atoms with E-state index in [0.717, 1.165) is 0 Å². The van der Waals surface area contributed by atoms with Gasteiger partial charge < -0.3 is 10.2 Å². The minimum atomic E-state index is 0.679. The number of hydrogen-bond acceptors (Lipinski definition) is 2. The molecule has 2 aliphatic heterocycles. The molecule has 2 aliphatic rings. The third-order valence-electron chi connectivity index (χ3n) is 3.76. The first kappa shape index (κ1) is 9.22. The first-order valence-electron chi connectivity index (χ1n) is 5.79. The molecule has 1 saturated heterocycles. The average molecular weight is 202 g/mol. The van der Waals surface area contributed by atoms with Gasteiger partial charge in [-0.2, -0.15) is 0 Å². The minimum Gasteiger partial charge on any atom is -0.381 e. The number of likely N-dealkylation sites (tertiary alicyclic amines) is 1. The Morgan fingerprint density at radius 1 is 1.40 bits per heavy atom. The molecule has 0 unspecified atom stereocenters. The molecular weight excluding hydrogens is 184 g/mol. The van der Waals surface area contributed by atoms with Crippen LogP contribution in [0.5, 0.6) is 0 Å². The molecule has 0 spiro atoms. The molecule has 2 heteroatoms. The van der Waals surface area contributed by atoms with Gasteiger partial charge in [0.1, 0.15) is 0 Å². The maximum Gasteiger partial charge on any atom is 0.0379 e. The molecule has 0 bridgehead atoms. The van der Waals surface area contributed by atoms with Crippen molar-refractivity contribution in [3.05, 3.63) is 29.3 Å². The molecule has 1 aromatic rings. The van der Waals surface area contributed by atoms with Gasteiger partial charge in [-0.25, -0.2) is 0 Å². The fraction of sp³-hybridized carbons (Fsp3) is 0.538. The topological polar surface area (TPSA) is 15.3 Å². The van der Waals surface area contributed by atoms with Gasteiger partial charge in [-0.15, -0.1) is 0 Å². The van der Waals surface area contributed by atoms with Crippen molar-refractivity contribution in [2.24, 2.45) is 0 Å². The normalized spacial score (nSPS) is 29.5. The second-order valence-electron chi connectivity index (χ2n) is 5.00.